The van der Waals surface area contributed by atoms with Gasteiger partial charge in [0.25, 0.3) is 0 Å². The number of carbonyl (C=O) groups excluding carboxylic acids is 3. The highest BCUT2D eigenvalue weighted by atomic mass is 16.5. The molecule has 0 radical (unpaired) electrons. The van der Waals surface area contributed by atoms with E-state index in [1.807, 2.05) is 6.07 Å². The molecule has 2 aromatic rings. The Kier molecular flexibility index (Phi) is 7.99. The monoisotopic (exact) mass is 533 g/mol. The number of hydrogen-bond acceptors (Lipinski definition) is 9. The lowest BCUT2D eigenvalue weighted by molar-refractivity contribution is -0.134. The highest BCUT2D eigenvalue weighted by molar-refractivity contribution is 6.02. The van der Waals surface area contributed by atoms with Gasteiger partial charge in [0.05, 0.1) is 36.4 Å². The van der Waals surface area contributed by atoms with Gasteiger partial charge in [0.1, 0.15) is 23.4 Å². The van der Waals surface area contributed by atoms with Gasteiger partial charge in [0, 0.05) is 51.2 Å². The molecule has 5 heterocycles. The maximum atomic E-state index is 13.3. The number of ether oxygens (including phenoxy) is 2. The molecular weight excluding hydrogens is 502 g/mol. The number of fused-ring (bicyclic) bond motifs is 1. The molecule has 0 bridgehead atoms. The minimum atomic E-state index is -0.436. The molecule has 2 N–H and O–H groups in total. The zero-order chi connectivity index (χ0) is 27.4. The first-order valence-corrected chi connectivity index (χ1v) is 13.1. The van der Waals surface area contributed by atoms with Crippen LogP contribution in [0.2, 0.25) is 0 Å². The van der Waals surface area contributed by atoms with E-state index in [1.54, 1.807) is 18.0 Å². The lowest BCUT2D eigenvalue weighted by Gasteiger charge is -2.30. The molecule has 0 aliphatic carbocycles. The smallest absolute Gasteiger partial charge is 0.328 e. The fraction of sp³-hybridized carbons (Fsp3) is 0.481. The van der Waals surface area contributed by atoms with Crippen LogP contribution in [0.1, 0.15) is 46.4 Å². The first kappa shape index (κ1) is 26.5. The number of nitrogens with zero attached hydrogens (tertiary/aromatic N) is 5. The molecule has 12 nitrogen and oxygen atoms in total. The number of aldehydes is 1. The van der Waals surface area contributed by atoms with Crippen LogP contribution in [-0.4, -0.2) is 79.2 Å². The van der Waals surface area contributed by atoms with Crippen molar-refractivity contribution in [2.24, 2.45) is 5.92 Å². The molecule has 3 aliphatic rings. The summed E-state index contributed by atoms with van der Waals surface area (Å²) < 4.78 is 10.7. The van der Waals surface area contributed by atoms with Gasteiger partial charge in [0.2, 0.25) is 5.91 Å². The Hall–Kier alpha value is -4.08. The molecule has 5 rings (SSSR count). The number of anilines is 3. The van der Waals surface area contributed by atoms with Gasteiger partial charge in [-0.1, -0.05) is 0 Å². The molecule has 39 heavy (non-hydrogen) atoms. The Balaban J connectivity index is 1.33. The largest absolute Gasteiger partial charge is 0.381 e. The lowest BCUT2D eigenvalue weighted by Crippen LogP contribution is -2.40. The highest BCUT2D eigenvalue weighted by Gasteiger charge is 2.29. The molecule has 0 spiro atoms. The van der Waals surface area contributed by atoms with Gasteiger partial charge in [-0.3, -0.25) is 19.8 Å². The number of amides is 3. The number of hydrogen-bond donors (Lipinski definition) is 2. The quantitative estimate of drug-likeness (QED) is 0.511. The topological polar surface area (TPSA) is 150 Å². The average molecular weight is 534 g/mol. The molecule has 2 fully saturated rings. The summed E-state index contributed by atoms with van der Waals surface area (Å²) in [5.74, 6) is 0.512. The number of nitriles is 1. The van der Waals surface area contributed by atoms with Crippen molar-refractivity contribution in [2.75, 3.05) is 55.6 Å². The zero-order valence-electron chi connectivity index (χ0n) is 21.8. The number of aromatic nitrogens is 2. The van der Waals surface area contributed by atoms with E-state index in [-0.39, 0.29) is 35.9 Å². The molecule has 0 aromatic carbocycles. The predicted octanol–water partition coefficient (Wildman–Crippen LogP) is 2.34. The van der Waals surface area contributed by atoms with E-state index in [0.717, 1.165) is 12.0 Å². The average Bonchev–Trinajstić information content (AvgIpc) is 3.67. The van der Waals surface area contributed by atoms with Gasteiger partial charge in [-0.15, -0.1) is 0 Å². The van der Waals surface area contributed by atoms with Crippen molar-refractivity contribution in [3.63, 3.8) is 0 Å². The second kappa shape index (κ2) is 11.8. The van der Waals surface area contributed by atoms with E-state index in [1.165, 1.54) is 11.1 Å². The number of aryl methyl sites for hydroxylation is 1. The molecule has 3 amide bonds. The summed E-state index contributed by atoms with van der Waals surface area (Å²) in [5.41, 5.74) is 2.61. The van der Waals surface area contributed by atoms with Crippen molar-refractivity contribution in [3.8, 4) is 6.07 Å². The van der Waals surface area contributed by atoms with E-state index >= 15 is 0 Å². The SMILES string of the molecule is CN(Cc1cc2c(nc1C=O)N(C(=O)Nc1cc(N[C@H]3CCOC3)c(C#N)cn1)CCC2)C(=O)[C@H]1CCOC1. The van der Waals surface area contributed by atoms with Crippen LogP contribution >= 0.6 is 0 Å². The van der Waals surface area contributed by atoms with Gasteiger partial charge < -0.3 is 19.7 Å². The molecule has 3 aliphatic heterocycles. The Morgan fingerprint density at radius 3 is 2.79 bits per heavy atom. The number of urea groups is 1. The van der Waals surface area contributed by atoms with Crippen LogP contribution < -0.4 is 15.5 Å². The minimum Gasteiger partial charge on any atom is -0.381 e. The lowest BCUT2D eigenvalue weighted by atomic mass is 10.0. The molecule has 2 aromatic heterocycles. The predicted molar refractivity (Wildman–Crippen MR) is 142 cm³/mol. The van der Waals surface area contributed by atoms with Crippen LogP contribution in [0, 0.1) is 17.2 Å². The van der Waals surface area contributed by atoms with Crippen LogP contribution in [0.5, 0.6) is 0 Å². The van der Waals surface area contributed by atoms with Crippen LogP contribution in [0.4, 0.5) is 22.1 Å². The van der Waals surface area contributed by atoms with E-state index < -0.39 is 6.03 Å². The van der Waals surface area contributed by atoms with E-state index in [4.69, 9.17) is 9.47 Å². The van der Waals surface area contributed by atoms with Gasteiger partial charge in [-0.05, 0) is 37.3 Å². The summed E-state index contributed by atoms with van der Waals surface area (Å²) in [4.78, 5) is 49.9. The van der Waals surface area contributed by atoms with Crippen molar-refractivity contribution in [1.82, 2.24) is 14.9 Å². The Morgan fingerprint density at radius 1 is 1.26 bits per heavy atom. The van der Waals surface area contributed by atoms with Crippen LogP contribution in [0.15, 0.2) is 18.3 Å². The van der Waals surface area contributed by atoms with Crippen molar-refractivity contribution in [1.29, 1.82) is 5.26 Å². The minimum absolute atomic E-state index is 0.0210. The van der Waals surface area contributed by atoms with Crippen LogP contribution in [-0.2, 0) is 27.2 Å². The van der Waals surface area contributed by atoms with E-state index in [0.29, 0.717) is 81.2 Å². The van der Waals surface area contributed by atoms with Crippen LogP contribution in [0.25, 0.3) is 0 Å². The second-order valence-corrected chi connectivity index (χ2v) is 10.0. The Bertz CT molecular complexity index is 1300. The summed E-state index contributed by atoms with van der Waals surface area (Å²) >= 11 is 0. The van der Waals surface area contributed by atoms with E-state index in [2.05, 4.69) is 26.7 Å². The summed E-state index contributed by atoms with van der Waals surface area (Å²) in [6.07, 6.45) is 5.00. The number of nitrogens with one attached hydrogen (secondary N) is 2. The molecule has 12 heteroatoms. The molecule has 0 saturated carbocycles. The molecule has 0 unspecified atom stereocenters. The van der Waals surface area contributed by atoms with Gasteiger partial charge >= 0.3 is 6.03 Å². The first-order valence-electron chi connectivity index (χ1n) is 13.1. The maximum absolute atomic E-state index is 13.3. The molecular formula is C27H31N7O5. The van der Waals surface area contributed by atoms with Crippen molar-refractivity contribution >= 4 is 35.5 Å². The summed E-state index contributed by atoms with van der Waals surface area (Å²) in [5, 5.41) is 15.6. The first-order chi connectivity index (χ1) is 19.0. The molecule has 204 valence electrons. The van der Waals surface area contributed by atoms with Crippen molar-refractivity contribution < 1.29 is 23.9 Å². The maximum Gasteiger partial charge on any atom is 0.328 e. The van der Waals surface area contributed by atoms with Crippen molar-refractivity contribution in [2.45, 2.75) is 38.3 Å². The Morgan fingerprint density at radius 2 is 2.08 bits per heavy atom. The molecule has 2 atom stereocenters. The van der Waals surface area contributed by atoms with Gasteiger partial charge in [-0.25, -0.2) is 14.8 Å². The number of pyridine rings is 2. The third kappa shape index (κ3) is 5.84. The van der Waals surface area contributed by atoms with Crippen LogP contribution in [0.3, 0.4) is 0 Å². The van der Waals surface area contributed by atoms with Crippen molar-refractivity contribution in [3.05, 3.63) is 40.7 Å². The third-order valence-corrected chi connectivity index (χ3v) is 7.24. The van der Waals surface area contributed by atoms with Gasteiger partial charge in [-0.2, -0.15) is 5.26 Å². The van der Waals surface area contributed by atoms with Gasteiger partial charge in [0.15, 0.2) is 6.29 Å². The third-order valence-electron chi connectivity index (χ3n) is 7.24. The summed E-state index contributed by atoms with van der Waals surface area (Å²) in [6, 6.07) is 5.26. The summed E-state index contributed by atoms with van der Waals surface area (Å²) in [7, 11) is 1.71. The number of carbonyl (C=O) groups is 3. The Labute approximate surface area is 226 Å². The highest BCUT2D eigenvalue weighted by Crippen LogP contribution is 2.29. The van der Waals surface area contributed by atoms with E-state index in [9.17, 15) is 19.6 Å². The second-order valence-electron chi connectivity index (χ2n) is 10.0. The fourth-order valence-corrected chi connectivity index (χ4v) is 5.14. The standard InChI is InChI=1S/C27H31N7O5/c1-33(26(36)18-4-7-38-15-18)13-19-9-17-3-2-6-34(25(17)31-23(19)14-35)27(37)32-24-10-22(20(11-28)12-29-24)30-21-5-8-39-16-21/h9-10,12,14,18,21H,2-8,13,15-16H2,1H3,(H2,29,30,32,37)/t18-,21-/m0/s1. The zero-order valence-corrected chi connectivity index (χ0v) is 21.8. The normalized spacial score (nSPS) is 20.2. The number of rotatable bonds is 7. The molecule has 2 saturated heterocycles. The fourth-order valence-electron chi connectivity index (χ4n) is 5.14. The summed E-state index contributed by atoms with van der Waals surface area (Å²) in [6.45, 7) is 2.86.